The molecule has 9 nitrogen and oxygen atoms in total. The van der Waals surface area contributed by atoms with Gasteiger partial charge in [0.25, 0.3) is 5.91 Å². The fourth-order valence-electron chi connectivity index (χ4n) is 3.97. The average Bonchev–Trinajstić information content (AvgIpc) is 3.38. The van der Waals surface area contributed by atoms with E-state index in [2.05, 4.69) is 15.0 Å². The first kappa shape index (κ1) is 22.6. The van der Waals surface area contributed by atoms with Crippen LogP contribution in [0.4, 0.5) is 0 Å². The van der Waals surface area contributed by atoms with Gasteiger partial charge in [-0.05, 0) is 19.1 Å². The highest BCUT2D eigenvalue weighted by Gasteiger charge is 2.29. The van der Waals surface area contributed by atoms with Gasteiger partial charge in [0.15, 0.2) is 11.5 Å². The van der Waals surface area contributed by atoms with Crippen molar-refractivity contribution < 1.29 is 23.5 Å². The lowest BCUT2D eigenvalue weighted by atomic mass is 10.1. The number of hydrogen-bond acceptors (Lipinski definition) is 8. The number of rotatable bonds is 7. The van der Waals surface area contributed by atoms with Crippen LogP contribution in [0.1, 0.15) is 29.2 Å². The molecule has 1 aliphatic rings. The van der Waals surface area contributed by atoms with Crippen molar-refractivity contribution in [3.8, 4) is 28.6 Å². The van der Waals surface area contributed by atoms with Crippen LogP contribution in [0.5, 0.6) is 17.2 Å². The highest BCUT2D eigenvalue weighted by Crippen LogP contribution is 2.38. The molecule has 0 spiro atoms. The zero-order valence-electron chi connectivity index (χ0n) is 19.3. The number of nitrogens with zero attached hydrogens (tertiary/aromatic N) is 4. The van der Waals surface area contributed by atoms with Gasteiger partial charge in [-0.25, -0.2) is 0 Å². The zero-order valence-corrected chi connectivity index (χ0v) is 19.3. The van der Waals surface area contributed by atoms with E-state index in [9.17, 15) is 4.79 Å². The van der Waals surface area contributed by atoms with Crippen LogP contribution in [0, 0.1) is 0 Å². The molecule has 0 radical (unpaired) electrons. The van der Waals surface area contributed by atoms with Gasteiger partial charge >= 0.3 is 0 Å². The Hall–Kier alpha value is -3.59. The number of amides is 1. The second-order valence-electron chi connectivity index (χ2n) is 7.74. The number of piperazine rings is 1. The summed E-state index contributed by atoms with van der Waals surface area (Å²) in [6, 6.07) is 13.1. The van der Waals surface area contributed by atoms with E-state index in [-0.39, 0.29) is 11.9 Å². The number of carbonyl (C=O) groups is 1. The van der Waals surface area contributed by atoms with Crippen LogP contribution in [0.15, 0.2) is 47.0 Å². The van der Waals surface area contributed by atoms with Gasteiger partial charge in [-0.15, -0.1) is 0 Å². The molecule has 9 heteroatoms. The number of carbonyl (C=O) groups excluding carboxylic acids is 1. The zero-order chi connectivity index (χ0) is 23.4. The van der Waals surface area contributed by atoms with E-state index in [0.717, 1.165) is 5.56 Å². The maximum atomic E-state index is 13.2. The molecule has 1 aliphatic heterocycles. The van der Waals surface area contributed by atoms with Crippen LogP contribution in [-0.4, -0.2) is 73.4 Å². The van der Waals surface area contributed by atoms with Crippen molar-refractivity contribution in [2.24, 2.45) is 0 Å². The smallest absolute Gasteiger partial charge is 0.254 e. The fourth-order valence-corrected chi connectivity index (χ4v) is 3.97. The van der Waals surface area contributed by atoms with Crippen LogP contribution in [0.3, 0.4) is 0 Å². The lowest BCUT2D eigenvalue weighted by Gasteiger charge is -2.36. The minimum absolute atomic E-state index is 0.0478. The summed E-state index contributed by atoms with van der Waals surface area (Å²) >= 11 is 0. The summed E-state index contributed by atoms with van der Waals surface area (Å²) in [4.78, 5) is 21.8. The fraction of sp³-hybridized carbons (Fsp3) is 0.375. The minimum Gasteiger partial charge on any atom is -0.493 e. The summed E-state index contributed by atoms with van der Waals surface area (Å²) in [5.41, 5.74) is 1.41. The molecule has 2 aromatic carbocycles. The first-order valence-electron chi connectivity index (χ1n) is 10.8. The Kier molecular flexibility index (Phi) is 6.79. The Balaban J connectivity index is 1.42. The van der Waals surface area contributed by atoms with Gasteiger partial charge < -0.3 is 23.6 Å². The molecule has 0 N–H and O–H groups in total. The Morgan fingerprint density at radius 3 is 2.18 bits per heavy atom. The van der Waals surface area contributed by atoms with E-state index in [1.54, 1.807) is 12.1 Å². The number of methoxy groups -OCH3 is 3. The highest BCUT2D eigenvalue weighted by atomic mass is 16.5. The average molecular weight is 453 g/mol. The third-order valence-corrected chi connectivity index (χ3v) is 5.89. The minimum atomic E-state index is -0.0780. The second-order valence-corrected chi connectivity index (χ2v) is 7.74. The van der Waals surface area contributed by atoms with E-state index in [1.807, 2.05) is 42.2 Å². The largest absolute Gasteiger partial charge is 0.493 e. The molecule has 0 aliphatic carbocycles. The lowest BCUT2D eigenvalue weighted by Crippen LogP contribution is -2.49. The molecule has 1 saturated heterocycles. The Labute approximate surface area is 192 Å². The van der Waals surface area contributed by atoms with E-state index in [4.69, 9.17) is 18.7 Å². The summed E-state index contributed by atoms with van der Waals surface area (Å²) < 4.78 is 21.6. The molecule has 2 heterocycles. The summed E-state index contributed by atoms with van der Waals surface area (Å²) in [5.74, 6) is 2.44. The molecule has 0 bridgehead atoms. The molecule has 1 amide bonds. The SMILES string of the molecule is COc1cc(C(=O)N2CCN(C(C)c3nc(-c4ccccc4)no3)CC2)cc(OC)c1OC. The van der Waals surface area contributed by atoms with Crippen molar-refractivity contribution in [2.45, 2.75) is 13.0 Å². The third-order valence-electron chi connectivity index (χ3n) is 5.89. The Morgan fingerprint density at radius 2 is 1.61 bits per heavy atom. The Morgan fingerprint density at radius 1 is 0.970 bits per heavy atom. The topological polar surface area (TPSA) is 90.2 Å². The van der Waals surface area contributed by atoms with Crippen LogP contribution >= 0.6 is 0 Å². The van der Waals surface area contributed by atoms with Crippen molar-refractivity contribution in [2.75, 3.05) is 47.5 Å². The maximum absolute atomic E-state index is 13.2. The summed E-state index contributed by atoms with van der Waals surface area (Å²) in [6.45, 7) is 4.60. The van der Waals surface area contributed by atoms with Crippen LogP contribution in [0.2, 0.25) is 0 Å². The van der Waals surface area contributed by atoms with Crippen LogP contribution in [0.25, 0.3) is 11.4 Å². The maximum Gasteiger partial charge on any atom is 0.254 e. The van der Waals surface area contributed by atoms with E-state index < -0.39 is 0 Å². The number of ether oxygens (including phenoxy) is 3. The van der Waals surface area contributed by atoms with Crippen molar-refractivity contribution in [1.82, 2.24) is 19.9 Å². The summed E-state index contributed by atoms with van der Waals surface area (Å²) in [7, 11) is 4.60. The van der Waals surface area contributed by atoms with Gasteiger partial charge in [0.1, 0.15) is 0 Å². The number of aromatic nitrogens is 2. The van der Waals surface area contributed by atoms with Gasteiger partial charge in [-0.1, -0.05) is 35.5 Å². The van der Waals surface area contributed by atoms with Gasteiger partial charge in [0, 0.05) is 37.3 Å². The lowest BCUT2D eigenvalue weighted by molar-refractivity contribution is 0.0551. The van der Waals surface area contributed by atoms with Gasteiger partial charge in [-0.2, -0.15) is 4.98 Å². The van der Waals surface area contributed by atoms with Crippen LogP contribution < -0.4 is 14.2 Å². The monoisotopic (exact) mass is 452 g/mol. The van der Waals surface area contributed by atoms with Crippen molar-refractivity contribution >= 4 is 5.91 Å². The van der Waals surface area contributed by atoms with Gasteiger partial charge in [0.2, 0.25) is 17.5 Å². The third kappa shape index (κ3) is 4.63. The molecule has 4 rings (SSSR count). The van der Waals surface area contributed by atoms with E-state index >= 15 is 0 Å². The molecule has 1 aromatic heterocycles. The number of benzene rings is 2. The van der Waals surface area contributed by atoms with Gasteiger partial charge in [0.05, 0.1) is 27.4 Å². The first-order valence-corrected chi connectivity index (χ1v) is 10.8. The molecule has 1 fully saturated rings. The number of hydrogen-bond donors (Lipinski definition) is 0. The predicted molar refractivity (Wildman–Crippen MR) is 122 cm³/mol. The molecule has 33 heavy (non-hydrogen) atoms. The molecular weight excluding hydrogens is 424 g/mol. The van der Waals surface area contributed by atoms with Crippen molar-refractivity contribution in [3.63, 3.8) is 0 Å². The quantitative estimate of drug-likeness (QED) is 0.540. The van der Waals surface area contributed by atoms with E-state index in [1.165, 1.54) is 21.3 Å². The molecule has 1 unspecified atom stereocenters. The molecule has 174 valence electrons. The van der Waals surface area contributed by atoms with E-state index in [0.29, 0.717) is 60.7 Å². The second kappa shape index (κ2) is 9.91. The molecular formula is C24H28N4O5. The molecule has 0 saturated carbocycles. The standard InChI is InChI=1S/C24H28N4O5/c1-16(23-25-22(26-33-23)17-8-6-5-7-9-17)27-10-12-28(13-11-27)24(29)18-14-19(30-2)21(32-4)20(15-18)31-3/h5-9,14-16H,10-13H2,1-4H3. The Bertz CT molecular complexity index is 1070. The highest BCUT2D eigenvalue weighted by molar-refractivity contribution is 5.95. The summed E-state index contributed by atoms with van der Waals surface area (Å²) in [6.07, 6.45) is 0. The molecule has 3 aromatic rings. The van der Waals surface area contributed by atoms with Crippen molar-refractivity contribution in [3.05, 3.63) is 53.9 Å². The molecule has 1 atom stereocenters. The van der Waals surface area contributed by atoms with Crippen molar-refractivity contribution in [1.29, 1.82) is 0 Å². The summed E-state index contributed by atoms with van der Waals surface area (Å²) in [5, 5.41) is 4.12. The first-order chi connectivity index (χ1) is 16.0. The van der Waals surface area contributed by atoms with Crippen LogP contribution in [-0.2, 0) is 0 Å². The predicted octanol–water partition coefficient (Wildman–Crippen LogP) is 3.28. The normalized spacial score (nSPS) is 15.2. The van der Waals surface area contributed by atoms with Gasteiger partial charge in [-0.3, -0.25) is 9.69 Å².